The third-order valence-electron chi connectivity index (χ3n) is 4.56. The summed E-state index contributed by atoms with van der Waals surface area (Å²) in [5.74, 6) is 2.26. The molecule has 3 N–H and O–H groups in total. The van der Waals surface area contributed by atoms with Gasteiger partial charge in [-0.05, 0) is 30.7 Å². The van der Waals surface area contributed by atoms with E-state index in [4.69, 9.17) is 5.73 Å². The highest BCUT2D eigenvalue weighted by atomic mass is 15.2. The normalized spacial score (nSPS) is 15.2. The first-order valence-electron chi connectivity index (χ1n) is 8.52. The highest BCUT2D eigenvalue weighted by Crippen LogP contribution is 2.30. The quantitative estimate of drug-likeness (QED) is 0.800. The lowest BCUT2D eigenvalue weighted by Crippen LogP contribution is -2.35. The number of benzene rings is 1. The van der Waals surface area contributed by atoms with Gasteiger partial charge in [-0.15, -0.1) is 6.58 Å². The number of nitrogen functional groups attached to an aromatic ring is 1. The van der Waals surface area contributed by atoms with Gasteiger partial charge < -0.3 is 16.0 Å². The van der Waals surface area contributed by atoms with Crippen molar-refractivity contribution in [2.75, 3.05) is 35.6 Å². The summed E-state index contributed by atoms with van der Waals surface area (Å²) in [5.41, 5.74) is 8.30. The van der Waals surface area contributed by atoms with Crippen LogP contribution in [0.15, 0.2) is 49.3 Å². The van der Waals surface area contributed by atoms with E-state index in [0.29, 0.717) is 18.1 Å². The smallest absolute Gasteiger partial charge is 0.157 e. The van der Waals surface area contributed by atoms with E-state index < -0.39 is 0 Å². The third-order valence-corrected chi connectivity index (χ3v) is 4.56. The van der Waals surface area contributed by atoms with Crippen molar-refractivity contribution in [2.45, 2.75) is 19.3 Å². The lowest BCUT2D eigenvalue weighted by molar-refractivity contribution is 0.402. The molecule has 0 bridgehead atoms. The van der Waals surface area contributed by atoms with Crippen molar-refractivity contribution in [3.63, 3.8) is 0 Å². The fourth-order valence-electron chi connectivity index (χ4n) is 3.24. The number of hydrogen-bond acceptors (Lipinski definition) is 5. The molecule has 2 aromatic rings. The summed E-state index contributed by atoms with van der Waals surface area (Å²) in [4.78, 5) is 10.9. The standard InChI is InChI=1S/C19H25N5/c1-2-10-21-18-17(20)19(23-14-22-18)24-11-8-16(9-12-24)13-15-6-4-3-5-7-15/h2-7,14,16H,1,8-13,20H2,(H,21,22,23). The lowest BCUT2D eigenvalue weighted by atomic mass is 9.90. The predicted octanol–water partition coefficient (Wildman–Crippen LogP) is 3.12. The van der Waals surface area contributed by atoms with Crippen molar-refractivity contribution in [3.05, 3.63) is 54.9 Å². The van der Waals surface area contributed by atoms with Crippen LogP contribution in [0.4, 0.5) is 17.3 Å². The Kier molecular flexibility index (Phi) is 5.31. The van der Waals surface area contributed by atoms with Crippen LogP contribution in [-0.2, 0) is 6.42 Å². The molecule has 126 valence electrons. The van der Waals surface area contributed by atoms with Crippen LogP contribution in [0.3, 0.4) is 0 Å². The van der Waals surface area contributed by atoms with Crippen molar-refractivity contribution in [2.24, 2.45) is 5.92 Å². The minimum atomic E-state index is 0.626. The van der Waals surface area contributed by atoms with Gasteiger partial charge in [-0.2, -0.15) is 0 Å². The molecule has 24 heavy (non-hydrogen) atoms. The first-order valence-corrected chi connectivity index (χ1v) is 8.52. The van der Waals surface area contributed by atoms with E-state index in [9.17, 15) is 0 Å². The second-order valence-electron chi connectivity index (χ2n) is 6.25. The average molecular weight is 323 g/mol. The van der Waals surface area contributed by atoms with Crippen molar-refractivity contribution in [3.8, 4) is 0 Å². The van der Waals surface area contributed by atoms with Crippen molar-refractivity contribution in [1.29, 1.82) is 0 Å². The van der Waals surface area contributed by atoms with Crippen LogP contribution in [0.1, 0.15) is 18.4 Å². The molecule has 0 saturated carbocycles. The first kappa shape index (κ1) is 16.3. The molecule has 0 atom stereocenters. The van der Waals surface area contributed by atoms with Crippen LogP contribution in [0.5, 0.6) is 0 Å². The largest absolute Gasteiger partial charge is 0.393 e. The Morgan fingerprint density at radius 1 is 1.21 bits per heavy atom. The van der Waals surface area contributed by atoms with Gasteiger partial charge in [-0.3, -0.25) is 0 Å². The van der Waals surface area contributed by atoms with Gasteiger partial charge >= 0.3 is 0 Å². The monoisotopic (exact) mass is 323 g/mol. The molecule has 5 heteroatoms. The maximum Gasteiger partial charge on any atom is 0.157 e. The van der Waals surface area contributed by atoms with Crippen molar-refractivity contribution < 1.29 is 0 Å². The van der Waals surface area contributed by atoms with Crippen LogP contribution in [0.2, 0.25) is 0 Å². The molecule has 1 aromatic heterocycles. The molecule has 1 aliphatic heterocycles. The van der Waals surface area contributed by atoms with E-state index in [0.717, 1.165) is 44.1 Å². The van der Waals surface area contributed by atoms with Gasteiger partial charge in [0.1, 0.15) is 12.0 Å². The summed E-state index contributed by atoms with van der Waals surface area (Å²) in [7, 11) is 0. The lowest BCUT2D eigenvalue weighted by Gasteiger charge is -2.33. The van der Waals surface area contributed by atoms with Gasteiger partial charge in [0.2, 0.25) is 0 Å². The van der Waals surface area contributed by atoms with Crippen LogP contribution < -0.4 is 16.0 Å². The second-order valence-corrected chi connectivity index (χ2v) is 6.25. The molecule has 0 spiro atoms. The summed E-state index contributed by atoms with van der Waals surface area (Å²) >= 11 is 0. The summed E-state index contributed by atoms with van der Waals surface area (Å²) in [5, 5.41) is 3.16. The Bertz CT molecular complexity index is 663. The summed E-state index contributed by atoms with van der Waals surface area (Å²) in [6.45, 7) is 6.31. The predicted molar refractivity (Wildman–Crippen MR) is 100 cm³/mol. The molecule has 0 amide bonds. The van der Waals surface area contributed by atoms with Gasteiger partial charge in [0.05, 0.1) is 0 Å². The maximum absolute atomic E-state index is 6.25. The third kappa shape index (κ3) is 3.85. The maximum atomic E-state index is 6.25. The number of nitrogens with one attached hydrogen (secondary N) is 1. The molecule has 0 aliphatic carbocycles. The molecule has 2 heterocycles. The van der Waals surface area contributed by atoms with Crippen LogP contribution >= 0.6 is 0 Å². The van der Waals surface area contributed by atoms with E-state index in [-0.39, 0.29) is 0 Å². The van der Waals surface area contributed by atoms with E-state index >= 15 is 0 Å². The van der Waals surface area contributed by atoms with E-state index in [1.165, 1.54) is 5.56 Å². The van der Waals surface area contributed by atoms with Gasteiger partial charge in [-0.1, -0.05) is 36.4 Å². The molecule has 1 saturated heterocycles. The van der Waals surface area contributed by atoms with Gasteiger partial charge in [0.15, 0.2) is 11.6 Å². The average Bonchev–Trinajstić information content (AvgIpc) is 2.63. The summed E-state index contributed by atoms with van der Waals surface area (Å²) in [6, 6.07) is 10.7. The molecular weight excluding hydrogens is 298 g/mol. The van der Waals surface area contributed by atoms with Crippen LogP contribution in [0, 0.1) is 5.92 Å². The number of piperidine rings is 1. The number of hydrogen-bond donors (Lipinski definition) is 2. The van der Waals surface area contributed by atoms with Crippen LogP contribution in [0.25, 0.3) is 0 Å². The number of nitrogens with two attached hydrogens (primary N) is 1. The Hall–Kier alpha value is -2.56. The number of nitrogens with zero attached hydrogens (tertiary/aromatic N) is 3. The Balaban J connectivity index is 1.61. The number of rotatable bonds is 6. The highest BCUT2D eigenvalue weighted by molar-refractivity contribution is 5.75. The van der Waals surface area contributed by atoms with E-state index in [1.807, 2.05) is 0 Å². The Morgan fingerprint density at radius 2 is 1.96 bits per heavy atom. The molecular formula is C19H25N5. The molecule has 3 rings (SSSR count). The highest BCUT2D eigenvalue weighted by Gasteiger charge is 2.22. The SMILES string of the molecule is C=CCNc1ncnc(N2CCC(Cc3ccccc3)CC2)c1N. The van der Waals surface area contributed by atoms with E-state index in [1.54, 1.807) is 12.4 Å². The van der Waals surface area contributed by atoms with Gasteiger partial charge in [0.25, 0.3) is 0 Å². The fourth-order valence-corrected chi connectivity index (χ4v) is 3.24. The molecule has 0 radical (unpaired) electrons. The van der Waals surface area contributed by atoms with Gasteiger partial charge in [-0.25, -0.2) is 9.97 Å². The summed E-state index contributed by atoms with van der Waals surface area (Å²) < 4.78 is 0. The summed E-state index contributed by atoms with van der Waals surface area (Å²) in [6.07, 6.45) is 6.84. The molecule has 1 aliphatic rings. The Labute approximate surface area is 143 Å². The zero-order valence-corrected chi connectivity index (χ0v) is 14.0. The Morgan fingerprint density at radius 3 is 2.67 bits per heavy atom. The molecule has 0 unspecified atom stereocenters. The van der Waals surface area contributed by atoms with Crippen LogP contribution in [-0.4, -0.2) is 29.6 Å². The number of anilines is 3. The zero-order valence-electron chi connectivity index (χ0n) is 14.0. The van der Waals surface area contributed by atoms with Crippen molar-refractivity contribution in [1.82, 2.24) is 9.97 Å². The second kappa shape index (κ2) is 7.81. The molecule has 5 nitrogen and oxygen atoms in total. The minimum absolute atomic E-state index is 0.626. The number of aromatic nitrogens is 2. The zero-order chi connectivity index (χ0) is 16.8. The molecule has 1 aromatic carbocycles. The topological polar surface area (TPSA) is 67.1 Å². The van der Waals surface area contributed by atoms with Crippen molar-refractivity contribution >= 4 is 17.3 Å². The minimum Gasteiger partial charge on any atom is -0.393 e. The van der Waals surface area contributed by atoms with Gasteiger partial charge in [0, 0.05) is 19.6 Å². The first-order chi connectivity index (χ1) is 11.8. The molecule has 1 fully saturated rings. The fraction of sp³-hybridized carbons (Fsp3) is 0.368. The van der Waals surface area contributed by atoms with E-state index in [2.05, 4.69) is 57.1 Å².